The number of aliphatic hydroxyl groups excluding tert-OH is 4. The molecule has 6 heteroatoms. The normalized spacial score (nSPS) is 48.2. The van der Waals surface area contributed by atoms with Crippen molar-refractivity contribution in [2.24, 2.45) is 5.73 Å². The van der Waals surface area contributed by atoms with Crippen molar-refractivity contribution < 1.29 is 25.2 Å². The van der Waals surface area contributed by atoms with Gasteiger partial charge in [-0.25, -0.2) is 0 Å². The smallest absolute Gasteiger partial charge is 0.169 e. The lowest BCUT2D eigenvalue weighted by molar-refractivity contribution is -0.114. The molecule has 1 rings (SSSR count). The molecule has 0 radical (unpaired) electrons. The van der Waals surface area contributed by atoms with Gasteiger partial charge >= 0.3 is 0 Å². The Hall–Kier alpha value is -0.240. The molecule has 6 N–H and O–H groups in total. The van der Waals surface area contributed by atoms with E-state index in [4.69, 9.17) is 20.7 Å². The molecule has 0 saturated carbocycles. The van der Waals surface area contributed by atoms with Crippen molar-refractivity contribution >= 4 is 0 Å². The minimum Gasteiger partial charge on any atom is -0.394 e. The highest BCUT2D eigenvalue weighted by Gasteiger charge is 2.51. The van der Waals surface area contributed by atoms with Crippen LogP contribution in [-0.2, 0) is 4.74 Å². The fraction of sp³-hybridized carbons (Fsp3) is 1.00. The van der Waals surface area contributed by atoms with Crippen LogP contribution < -0.4 is 5.73 Å². The van der Waals surface area contributed by atoms with Gasteiger partial charge in [-0.1, -0.05) is 0 Å². The molecule has 0 aromatic carbocycles. The van der Waals surface area contributed by atoms with Gasteiger partial charge in [-0.05, 0) is 0 Å². The highest BCUT2D eigenvalue weighted by molar-refractivity contribution is 4.97. The standard InChI is InChI=1S/C6H13NO5/c7-6(2-9)5(11)4(10)3(1-8)12-6/h3-5,8-11H,1-2,7H2. The Morgan fingerprint density at radius 3 is 2.17 bits per heavy atom. The number of hydrogen-bond donors (Lipinski definition) is 5. The van der Waals surface area contributed by atoms with E-state index in [0.717, 1.165) is 0 Å². The molecule has 4 unspecified atom stereocenters. The van der Waals surface area contributed by atoms with Gasteiger partial charge in [0.2, 0.25) is 0 Å². The quantitative estimate of drug-likeness (QED) is 0.304. The summed E-state index contributed by atoms with van der Waals surface area (Å²) in [6.45, 7) is -1.06. The Labute approximate surface area is 69.2 Å². The molecule has 0 aromatic rings. The zero-order valence-electron chi connectivity index (χ0n) is 6.42. The Kier molecular flexibility index (Phi) is 2.67. The first-order valence-electron chi connectivity index (χ1n) is 3.59. The fourth-order valence-electron chi connectivity index (χ4n) is 1.19. The van der Waals surface area contributed by atoms with Crippen LogP contribution in [0.2, 0.25) is 0 Å². The van der Waals surface area contributed by atoms with Crippen molar-refractivity contribution in [1.29, 1.82) is 0 Å². The topological polar surface area (TPSA) is 116 Å². The van der Waals surface area contributed by atoms with Gasteiger partial charge in [-0.2, -0.15) is 0 Å². The third-order valence-electron chi connectivity index (χ3n) is 2.00. The second kappa shape index (κ2) is 3.25. The van der Waals surface area contributed by atoms with Crippen LogP contribution in [0, 0.1) is 0 Å². The van der Waals surface area contributed by atoms with Crippen LogP contribution in [0.25, 0.3) is 0 Å². The van der Waals surface area contributed by atoms with Crippen LogP contribution in [0.4, 0.5) is 0 Å². The molecular weight excluding hydrogens is 166 g/mol. The Balaban J connectivity index is 2.72. The summed E-state index contributed by atoms with van der Waals surface area (Å²) in [4.78, 5) is 0. The fourth-order valence-corrected chi connectivity index (χ4v) is 1.19. The molecule has 0 amide bonds. The zero-order valence-corrected chi connectivity index (χ0v) is 6.42. The van der Waals surface area contributed by atoms with Gasteiger partial charge in [0.05, 0.1) is 13.2 Å². The summed E-state index contributed by atoms with van der Waals surface area (Å²) < 4.78 is 4.85. The van der Waals surface area contributed by atoms with Crippen molar-refractivity contribution in [2.75, 3.05) is 13.2 Å². The first kappa shape index (κ1) is 9.85. The van der Waals surface area contributed by atoms with Crippen molar-refractivity contribution in [2.45, 2.75) is 24.0 Å². The lowest BCUT2D eigenvalue weighted by atomic mass is 10.0. The van der Waals surface area contributed by atoms with Crippen molar-refractivity contribution in [1.82, 2.24) is 0 Å². The van der Waals surface area contributed by atoms with E-state index in [9.17, 15) is 10.2 Å². The van der Waals surface area contributed by atoms with Crippen molar-refractivity contribution in [3.05, 3.63) is 0 Å². The molecule has 12 heavy (non-hydrogen) atoms. The van der Waals surface area contributed by atoms with Gasteiger partial charge in [-0.3, -0.25) is 5.73 Å². The number of aliphatic hydroxyl groups is 4. The molecule has 1 heterocycles. The van der Waals surface area contributed by atoms with Crippen LogP contribution in [0.3, 0.4) is 0 Å². The summed E-state index contributed by atoms with van der Waals surface area (Å²) in [5, 5.41) is 35.8. The van der Waals surface area contributed by atoms with E-state index >= 15 is 0 Å². The van der Waals surface area contributed by atoms with E-state index in [2.05, 4.69) is 0 Å². The number of nitrogens with two attached hydrogens (primary N) is 1. The van der Waals surface area contributed by atoms with Crippen LogP contribution in [0.15, 0.2) is 0 Å². The average molecular weight is 179 g/mol. The molecule has 0 bridgehead atoms. The first-order chi connectivity index (χ1) is 5.55. The van der Waals surface area contributed by atoms with E-state index in [1.807, 2.05) is 0 Å². The highest BCUT2D eigenvalue weighted by atomic mass is 16.6. The molecule has 1 aliphatic rings. The summed E-state index contributed by atoms with van der Waals surface area (Å²) in [6, 6.07) is 0. The van der Waals surface area contributed by atoms with Crippen LogP contribution in [0.1, 0.15) is 0 Å². The molecule has 0 aliphatic carbocycles. The number of ether oxygens (including phenoxy) is 1. The molecular formula is C6H13NO5. The third-order valence-corrected chi connectivity index (χ3v) is 2.00. The Bertz CT molecular complexity index is 166. The summed E-state index contributed by atoms with van der Waals surface area (Å²) in [7, 11) is 0. The maximum Gasteiger partial charge on any atom is 0.169 e. The summed E-state index contributed by atoms with van der Waals surface area (Å²) in [5.41, 5.74) is 3.71. The molecule has 0 spiro atoms. The van der Waals surface area contributed by atoms with E-state index in [1.165, 1.54) is 0 Å². The van der Waals surface area contributed by atoms with Gasteiger partial charge in [0.25, 0.3) is 0 Å². The highest BCUT2D eigenvalue weighted by Crippen LogP contribution is 2.26. The number of hydrogen-bond acceptors (Lipinski definition) is 6. The average Bonchev–Trinajstić information content (AvgIpc) is 2.31. The molecule has 1 saturated heterocycles. The van der Waals surface area contributed by atoms with Gasteiger partial charge in [-0.15, -0.1) is 0 Å². The van der Waals surface area contributed by atoms with Gasteiger partial charge in [0.1, 0.15) is 18.3 Å². The zero-order chi connectivity index (χ0) is 9.35. The van der Waals surface area contributed by atoms with Gasteiger partial charge in [0.15, 0.2) is 5.72 Å². The molecule has 72 valence electrons. The first-order valence-corrected chi connectivity index (χ1v) is 3.59. The summed E-state index contributed by atoms with van der Waals surface area (Å²) >= 11 is 0. The second-order valence-electron chi connectivity index (χ2n) is 2.89. The number of rotatable bonds is 2. The maximum absolute atomic E-state index is 9.25. The van der Waals surface area contributed by atoms with E-state index < -0.39 is 37.3 Å². The lowest BCUT2D eigenvalue weighted by Gasteiger charge is -2.24. The van der Waals surface area contributed by atoms with Crippen molar-refractivity contribution in [3.63, 3.8) is 0 Å². The van der Waals surface area contributed by atoms with Crippen LogP contribution >= 0.6 is 0 Å². The maximum atomic E-state index is 9.25. The van der Waals surface area contributed by atoms with Crippen LogP contribution in [-0.4, -0.2) is 57.7 Å². The lowest BCUT2D eigenvalue weighted by Crippen LogP contribution is -2.54. The Morgan fingerprint density at radius 1 is 1.33 bits per heavy atom. The molecule has 1 aliphatic heterocycles. The minimum absolute atomic E-state index is 0.447. The molecule has 4 atom stereocenters. The third kappa shape index (κ3) is 1.33. The summed E-state index contributed by atoms with van der Waals surface area (Å²) in [6.07, 6.45) is -3.57. The monoisotopic (exact) mass is 179 g/mol. The molecule has 6 nitrogen and oxygen atoms in total. The van der Waals surface area contributed by atoms with Crippen molar-refractivity contribution in [3.8, 4) is 0 Å². The predicted octanol–water partition coefficient (Wildman–Crippen LogP) is -3.25. The van der Waals surface area contributed by atoms with Gasteiger partial charge < -0.3 is 25.2 Å². The molecule has 1 fully saturated rings. The van der Waals surface area contributed by atoms with E-state index in [0.29, 0.717) is 0 Å². The Morgan fingerprint density at radius 2 is 1.92 bits per heavy atom. The second-order valence-corrected chi connectivity index (χ2v) is 2.89. The van der Waals surface area contributed by atoms with Gasteiger partial charge in [0, 0.05) is 0 Å². The minimum atomic E-state index is -1.66. The SMILES string of the molecule is NC1(CO)OC(CO)C(O)C1O. The van der Waals surface area contributed by atoms with E-state index in [1.54, 1.807) is 0 Å². The van der Waals surface area contributed by atoms with E-state index in [-0.39, 0.29) is 0 Å². The predicted molar refractivity (Wildman–Crippen MR) is 38.0 cm³/mol. The molecule has 0 aromatic heterocycles. The largest absolute Gasteiger partial charge is 0.394 e. The summed E-state index contributed by atoms with van der Waals surface area (Å²) in [5.74, 6) is 0. The van der Waals surface area contributed by atoms with Crippen LogP contribution in [0.5, 0.6) is 0 Å².